The fraction of sp³-hybridized carbons (Fsp3) is 0.421. The van der Waals surface area contributed by atoms with E-state index in [2.05, 4.69) is 20.2 Å². The lowest BCUT2D eigenvalue weighted by molar-refractivity contribution is -0.123. The topological polar surface area (TPSA) is 94.7 Å². The Kier molecular flexibility index (Phi) is 4.74. The number of rotatable bonds is 4. The zero-order chi connectivity index (χ0) is 18.1. The van der Waals surface area contributed by atoms with Crippen molar-refractivity contribution in [3.63, 3.8) is 0 Å². The number of carbonyl (C=O) groups is 1. The van der Waals surface area contributed by atoms with Crippen LogP contribution < -0.4 is 5.73 Å². The van der Waals surface area contributed by atoms with E-state index in [1.165, 1.54) is 11.3 Å². The summed E-state index contributed by atoms with van der Waals surface area (Å²) in [4.78, 5) is 21.5. The van der Waals surface area contributed by atoms with Gasteiger partial charge in [0.05, 0.1) is 0 Å². The first-order valence-corrected chi connectivity index (χ1v) is 9.73. The monoisotopic (exact) mass is 367 g/mol. The molecule has 1 saturated carbocycles. The Morgan fingerprint density at radius 3 is 2.62 bits per heavy atom. The van der Waals surface area contributed by atoms with Gasteiger partial charge in [-0.3, -0.25) is 14.8 Å². The predicted octanol–water partition coefficient (Wildman–Crippen LogP) is 3.09. The molecule has 0 radical (unpaired) electrons. The van der Waals surface area contributed by atoms with E-state index in [0.717, 1.165) is 57.9 Å². The van der Waals surface area contributed by atoms with Gasteiger partial charge in [-0.2, -0.15) is 0 Å². The highest BCUT2D eigenvalue weighted by atomic mass is 32.1. The minimum Gasteiger partial charge on any atom is -0.328 e. The second-order valence-corrected chi connectivity index (χ2v) is 8.16. The Labute approximate surface area is 155 Å². The summed E-state index contributed by atoms with van der Waals surface area (Å²) < 4.78 is 0. The first-order valence-electron chi connectivity index (χ1n) is 8.92. The van der Waals surface area contributed by atoms with Gasteiger partial charge in [-0.25, -0.2) is 0 Å². The van der Waals surface area contributed by atoms with Crippen molar-refractivity contribution in [2.75, 3.05) is 0 Å². The third-order valence-corrected chi connectivity index (χ3v) is 5.85. The van der Waals surface area contributed by atoms with Gasteiger partial charge in [-0.1, -0.05) is 11.3 Å². The molecule has 7 heteroatoms. The number of hydrogen-bond acceptors (Lipinski definition) is 7. The van der Waals surface area contributed by atoms with Crippen molar-refractivity contribution in [1.29, 1.82) is 0 Å². The van der Waals surface area contributed by atoms with Crippen molar-refractivity contribution in [3.8, 4) is 10.7 Å². The molecule has 1 fully saturated rings. The summed E-state index contributed by atoms with van der Waals surface area (Å²) in [7, 11) is 0. The molecule has 3 aromatic heterocycles. The zero-order valence-electron chi connectivity index (χ0n) is 14.7. The van der Waals surface area contributed by atoms with Gasteiger partial charge in [-0.05, 0) is 50.1 Å². The van der Waals surface area contributed by atoms with Crippen molar-refractivity contribution >= 4 is 27.9 Å². The highest BCUT2D eigenvalue weighted by Gasteiger charge is 2.24. The molecule has 134 valence electrons. The average Bonchev–Trinajstić information content (AvgIpc) is 3.08. The predicted molar refractivity (Wildman–Crippen MR) is 102 cm³/mol. The molecule has 0 unspecified atom stereocenters. The average molecular weight is 367 g/mol. The molecule has 0 spiro atoms. The lowest BCUT2D eigenvalue weighted by Crippen LogP contribution is -2.30. The van der Waals surface area contributed by atoms with Crippen LogP contribution >= 0.6 is 11.3 Å². The molecule has 1 aliphatic rings. The summed E-state index contributed by atoms with van der Waals surface area (Å²) in [6.07, 6.45) is 7.65. The van der Waals surface area contributed by atoms with E-state index >= 15 is 0 Å². The SMILES string of the molecule is Cc1nnc(-c2cc3cc(CC(=O)C4CCC(N)CC4)ncc3cn2)s1. The molecule has 4 rings (SSSR count). The second-order valence-electron chi connectivity index (χ2n) is 6.97. The number of aryl methyl sites for hydroxylation is 1. The van der Waals surface area contributed by atoms with Crippen LogP contribution in [-0.2, 0) is 11.2 Å². The maximum Gasteiger partial charge on any atom is 0.166 e. The fourth-order valence-corrected chi connectivity index (χ4v) is 4.12. The number of hydrogen-bond donors (Lipinski definition) is 1. The van der Waals surface area contributed by atoms with Crippen LogP contribution in [0.1, 0.15) is 36.4 Å². The summed E-state index contributed by atoms with van der Waals surface area (Å²) in [6, 6.07) is 4.23. The van der Waals surface area contributed by atoms with Crippen LogP contribution in [0.25, 0.3) is 21.5 Å². The lowest BCUT2D eigenvalue weighted by atomic mass is 9.82. The van der Waals surface area contributed by atoms with Gasteiger partial charge in [0, 0.05) is 41.9 Å². The number of pyridine rings is 2. The molecule has 26 heavy (non-hydrogen) atoms. The zero-order valence-corrected chi connectivity index (χ0v) is 15.5. The maximum atomic E-state index is 12.6. The number of fused-ring (bicyclic) bond motifs is 1. The fourth-order valence-electron chi connectivity index (χ4n) is 3.46. The Morgan fingerprint density at radius 2 is 1.88 bits per heavy atom. The van der Waals surface area contributed by atoms with Crippen molar-refractivity contribution < 1.29 is 4.79 Å². The van der Waals surface area contributed by atoms with Gasteiger partial charge in [-0.15, -0.1) is 10.2 Å². The summed E-state index contributed by atoms with van der Waals surface area (Å²) in [6.45, 7) is 1.92. The Hall–Kier alpha value is -2.25. The molecular weight excluding hydrogens is 346 g/mol. The highest BCUT2D eigenvalue weighted by molar-refractivity contribution is 7.14. The maximum absolute atomic E-state index is 12.6. The van der Waals surface area contributed by atoms with Crippen LogP contribution in [0.4, 0.5) is 0 Å². The molecule has 3 heterocycles. The standard InChI is InChI=1S/C19H21N5OS/c1-11-23-24-19(26-11)17-7-13-6-16(21-9-14(13)10-22-17)8-18(25)12-2-4-15(20)5-3-12/h6-7,9-10,12,15H,2-5,8,20H2,1H3. The van der Waals surface area contributed by atoms with E-state index < -0.39 is 0 Å². The molecule has 2 N–H and O–H groups in total. The van der Waals surface area contributed by atoms with Crippen LogP contribution in [-0.4, -0.2) is 32.0 Å². The Balaban J connectivity index is 1.55. The third kappa shape index (κ3) is 3.64. The molecule has 3 aromatic rings. The Morgan fingerprint density at radius 1 is 1.12 bits per heavy atom. The van der Waals surface area contributed by atoms with Gasteiger partial charge >= 0.3 is 0 Å². The molecule has 6 nitrogen and oxygen atoms in total. The first-order chi connectivity index (χ1) is 12.6. The van der Waals surface area contributed by atoms with Crippen molar-refractivity contribution in [1.82, 2.24) is 20.2 Å². The molecular formula is C19H21N5OS. The van der Waals surface area contributed by atoms with E-state index in [0.29, 0.717) is 6.42 Å². The number of Topliss-reactive ketones (excluding diaryl/α,β-unsaturated/α-hetero) is 1. The lowest BCUT2D eigenvalue weighted by Gasteiger charge is -2.24. The highest BCUT2D eigenvalue weighted by Crippen LogP contribution is 2.27. The van der Waals surface area contributed by atoms with Crippen molar-refractivity contribution in [3.05, 3.63) is 35.2 Å². The summed E-state index contributed by atoms with van der Waals surface area (Å²) in [5.41, 5.74) is 7.54. The van der Waals surface area contributed by atoms with E-state index in [1.54, 1.807) is 12.4 Å². The normalized spacial score (nSPS) is 20.4. The van der Waals surface area contributed by atoms with E-state index in [1.807, 2.05) is 19.1 Å². The minimum absolute atomic E-state index is 0.129. The molecule has 0 aromatic carbocycles. The van der Waals surface area contributed by atoms with Gasteiger partial charge < -0.3 is 5.73 Å². The van der Waals surface area contributed by atoms with E-state index in [-0.39, 0.29) is 17.7 Å². The van der Waals surface area contributed by atoms with Crippen LogP contribution in [0.15, 0.2) is 24.5 Å². The van der Waals surface area contributed by atoms with Crippen molar-refractivity contribution in [2.45, 2.75) is 45.1 Å². The number of aromatic nitrogens is 4. The number of carbonyl (C=O) groups excluding carboxylic acids is 1. The molecule has 0 saturated heterocycles. The van der Waals surface area contributed by atoms with Gasteiger partial charge in [0.25, 0.3) is 0 Å². The summed E-state index contributed by atoms with van der Waals surface area (Å²) >= 11 is 1.52. The molecule has 0 bridgehead atoms. The van der Waals surface area contributed by atoms with Gasteiger partial charge in [0.1, 0.15) is 16.5 Å². The van der Waals surface area contributed by atoms with Crippen LogP contribution in [0.3, 0.4) is 0 Å². The molecule has 0 atom stereocenters. The van der Waals surface area contributed by atoms with Gasteiger partial charge in [0.2, 0.25) is 0 Å². The summed E-state index contributed by atoms with van der Waals surface area (Å²) in [5.74, 6) is 0.405. The van der Waals surface area contributed by atoms with E-state index in [9.17, 15) is 4.79 Å². The first kappa shape index (κ1) is 17.2. The quantitative estimate of drug-likeness (QED) is 0.761. The molecule has 0 amide bonds. The van der Waals surface area contributed by atoms with Crippen LogP contribution in [0.5, 0.6) is 0 Å². The largest absolute Gasteiger partial charge is 0.328 e. The number of nitrogens with zero attached hydrogens (tertiary/aromatic N) is 4. The number of ketones is 1. The van der Waals surface area contributed by atoms with Crippen molar-refractivity contribution in [2.24, 2.45) is 11.7 Å². The van der Waals surface area contributed by atoms with Gasteiger partial charge in [0.15, 0.2) is 5.01 Å². The minimum atomic E-state index is 0.129. The Bertz CT molecular complexity index is 946. The molecule has 0 aliphatic heterocycles. The second kappa shape index (κ2) is 7.17. The van der Waals surface area contributed by atoms with Crippen LogP contribution in [0.2, 0.25) is 0 Å². The summed E-state index contributed by atoms with van der Waals surface area (Å²) in [5, 5.41) is 11.9. The third-order valence-electron chi connectivity index (χ3n) is 4.99. The van der Waals surface area contributed by atoms with E-state index in [4.69, 9.17) is 5.73 Å². The smallest absolute Gasteiger partial charge is 0.166 e. The molecule has 1 aliphatic carbocycles. The number of nitrogens with two attached hydrogens (primary N) is 1. The van der Waals surface area contributed by atoms with Crippen LogP contribution in [0, 0.1) is 12.8 Å².